The van der Waals surface area contributed by atoms with Gasteiger partial charge in [-0.15, -0.1) is 0 Å². The maximum absolute atomic E-state index is 12.1. The molecule has 0 bridgehead atoms. The number of ketones is 1. The van der Waals surface area contributed by atoms with Crippen LogP contribution in [0.25, 0.3) is 0 Å². The van der Waals surface area contributed by atoms with Crippen molar-refractivity contribution in [3.05, 3.63) is 0 Å². The minimum Gasteiger partial charge on any atom is -0.367 e. The number of unbranched alkanes of at least 4 members (excludes halogenated alkanes) is 10. The monoisotopic (exact) mass is 329 g/mol. The molecule has 23 heavy (non-hydrogen) atoms. The van der Waals surface area contributed by atoms with E-state index in [0.29, 0.717) is 12.8 Å². The third-order valence-electron chi connectivity index (χ3n) is 4.69. The number of aliphatic hydroxyl groups is 2. The van der Waals surface area contributed by atoms with Crippen LogP contribution in [-0.4, -0.2) is 28.3 Å². The molecule has 0 aromatic carbocycles. The number of hydrogen-bond acceptors (Lipinski definition) is 4. The normalized spacial score (nSPS) is 14.2. The van der Waals surface area contributed by atoms with Gasteiger partial charge in [-0.05, 0) is 12.8 Å². The zero-order valence-electron chi connectivity index (χ0n) is 15.3. The molecule has 0 aliphatic heterocycles. The van der Waals surface area contributed by atoms with Gasteiger partial charge in [0.1, 0.15) is 5.78 Å². The Morgan fingerprint density at radius 2 is 1.26 bits per heavy atom. The highest BCUT2D eigenvalue weighted by Gasteiger charge is 2.27. The van der Waals surface area contributed by atoms with E-state index in [1.807, 2.05) is 6.92 Å². The van der Waals surface area contributed by atoms with E-state index in [1.165, 1.54) is 57.8 Å². The molecule has 0 fully saturated rings. The molecule has 0 heterocycles. The second kappa shape index (κ2) is 15.1. The van der Waals surface area contributed by atoms with Gasteiger partial charge in [0.05, 0.1) is 6.04 Å². The second-order valence-electron chi connectivity index (χ2n) is 6.76. The highest BCUT2D eigenvalue weighted by Crippen LogP contribution is 2.16. The lowest BCUT2D eigenvalue weighted by Crippen LogP contribution is -2.44. The van der Waals surface area contributed by atoms with Crippen LogP contribution in [0.1, 0.15) is 97.3 Å². The molecular weight excluding hydrogens is 290 g/mol. The van der Waals surface area contributed by atoms with Crippen LogP contribution in [0.15, 0.2) is 0 Å². The predicted octanol–water partition coefficient (Wildman–Crippen LogP) is 3.92. The zero-order chi connectivity index (χ0) is 17.5. The van der Waals surface area contributed by atoms with Gasteiger partial charge in [0.15, 0.2) is 6.29 Å². The first-order valence-corrected chi connectivity index (χ1v) is 9.69. The third kappa shape index (κ3) is 11.7. The Morgan fingerprint density at radius 3 is 1.65 bits per heavy atom. The van der Waals surface area contributed by atoms with Crippen molar-refractivity contribution in [2.24, 2.45) is 11.7 Å². The van der Waals surface area contributed by atoms with E-state index < -0.39 is 18.2 Å². The Bertz CT molecular complexity index is 282. The van der Waals surface area contributed by atoms with Crippen LogP contribution in [0.3, 0.4) is 0 Å². The Hall–Kier alpha value is -0.450. The quantitative estimate of drug-likeness (QED) is 0.296. The lowest BCUT2D eigenvalue weighted by atomic mass is 9.89. The number of carbonyl (C=O) groups excluding carboxylic acids is 1. The van der Waals surface area contributed by atoms with Crippen molar-refractivity contribution in [2.75, 3.05) is 0 Å². The average Bonchev–Trinajstić information content (AvgIpc) is 2.53. The Labute approximate surface area is 142 Å². The smallest absolute Gasteiger partial charge is 0.167 e. The van der Waals surface area contributed by atoms with Gasteiger partial charge in [-0.25, -0.2) is 0 Å². The summed E-state index contributed by atoms with van der Waals surface area (Å²) in [6, 6.07) is -0.861. The number of aliphatic hydroxyl groups excluding tert-OH is 1. The molecule has 0 aromatic rings. The van der Waals surface area contributed by atoms with E-state index in [1.54, 1.807) is 0 Å². The molecule has 0 aliphatic rings. The van der Waals surface area contributed by atoms with Gasteiger partial charge >= 0.3 is 0 Å². The highest BCUT2D eigenvalue weighted by atomic mass is 16.5. The van der Waals surface area contributed by atoms with Crippen LogP contribution in [0.4, 0.5) is 0 Å². The lowest BCUT2D eigenvalue weighted by Gasteiger charge is -2.22. The summed E-state index contributed by atoms with van der Waals surface area (Å²) in [4.78, 5) is 12.1. The van der Waals surface area contributed by atoms with E-state index >= 15 is 0 Å². The third-order valence-corrected chi connectivity index (χ3v) is 4.69. The van der Waals surface area contributed by atoms with E-state index in [0.717, 1.165) is 12.8 Å². The molecule has 0 aromatic heterocycles. The molecule has 4 N–H and O–H groups in total. The summed E-state index contributed by atoms with van der Waals surface area (Å²) in [6.07, 6.45) is 13.3. The second-order valence-corrected chi connectivity index (χ2v) is 6.76. The molecule has 0 saturated carbocycles. The van der Waals surface area contributed by atoms with Crippen molar-refractivity contribution < 1.29 is 15.0 Å². The van der Waals surface area contributed by atoms with Crippen molar-refractivity contribution in [3.8, 4) is 0 Å². The number of carbonyl (C=O) groups is 1. The minimum atomic E-state index is -1.61. The fraction of sp³-hybridized carbons (Fsp3) is 0.947. The van der Waals surface area contributed by atoms with Gasteiger partial charge in [0, 0.05) is 12.3 Å². The highest BCUT2D eigenvalue weighted by molar-refractivity contribution is 5.81. The minimum absolute atomic E-state index is 0.0732. The van der Waals surface area contributed by atoms with E-state index in [2.05, 4.69) is 6.92 Å². The molecule has 0 radical (unpaired) electrons. The first kappa shape index (κ1) is 22.6. The molecule has 0 rings (SSSR count). The van der Waals surface area contributed by atoms with Crippen LogP contribution in [0.5, 0.6) is 0 Å². The molecular formula is C19H39NO3. The Morgan fingerprint density at radius 1 is 0.826 bits per heavy atom. The van der Waals surface area contributed by atoms with Crippen molar-refractivity contribution in [1.82, 2.24) is 0 Å². The summed E-state index contributed by atoms with van der Waals surface area (Å²) in [5.74, 6) is -0.359. The number of Topliss-reactive ketones (excluding diaryl/α,β-unsaturated/α-hetero) is 1. The lowest BCUT2D eigenvalue weighted by molar-refractivity contribution is -0.129. The standard InChI is InChI=1S/C19H39NO3/c1-3-5-6-7-8-9-10-11-12-13-14-15-17(21)16(4-2)18(20)19(22)23/h16,18-19,22-23H,3-15,20H2,1-2H3. The first-order chi connectivity index (χ1) is 11.0. The molecule has 0 aliphatic carbocycles. The summed E-state index contributed by atoms with van der Waals surface area (Å²) in [7, 11) is 0. The van der Waals surface area contributed by atoms with Gasteiger partial charge in [0.2, 0.25) is 0 Å². The van der Waals surface area contributed by atoms with Gasteiger partial charge in [0.25, 0.3) is 0 Å². The molecule has 0 saturated heterocycles. The number of hydrogen-bond donors (Lipinski definition) is 3. The van der Waals surface area contributed by atoms with Gasteiger partial charge in [-0.3, -0.25) is 4.79 Å². The zero-order valence-corrected chi connectivity index (χ0v) is 15.3. The fourth-order valence-corrected chi connectivity index (χ4v) is 3.07. The van der Waals surface area contributed by atoms with Crippen LogP contribution < -0.4 is 5.73 Å². The predicted molar refractivity (Wildman–Crippen MR) is 96.1 cm³/mol. The molecule has 2 unspecified atom stereocenters. The van der Waals surface area contributed by atoms with Crippen molar-refractivity contribution in [2.45, 2.75) is 110 Å². The van der Waals surface area contributed by atoms with E-state index in [9.17, 15) is 4.79 Å². The molecule has 2 atom stereocenters. The summed E-state index contributed by atoms with van der Waals surface area (Å²) in [6.45, 7) is 4.11. The number of nitrogens with two attached hydrogens (primary N) is 1. The van der Waals surface area contributed by atoms with Crippen LogP contribution in [0, 0.1) is 5.92 Å². The van der Waals surface area contributed by atoms with Crippen LogP contribution in [0.2, 0.25) is 0 Å². The average molecular weight is 330 g/mol. The molecule has 4 heteroatoms. The Balaban J connectivity index is 3.54. The van der Waals surface area contributed by atoms with Crippen LogP contribution >= 0.6 is 0 Å². The largest absolute Gasteiger partial charge is 0.367 e. The maximum atomic E-state index is 12.1. The summed E-state index contributed by atoms with van der Waals surface area (Å²) in [5, 5.41) is 18.2. The molecule has 0 amide bonds. The molecule has 0 spiro atoms. The van der Waals surface area contributed by atoms with E-state index in [-0.39, 0.29) is 5.78 Å². The maximum Gasteiger partial charge on any atom is 0.167 e. The summed E-state index contributed by atoms with van der Waals surface area (Å²) < 4.78 is 0. The fourth-order valence-electron chi connectivity index (χ4n) is 3.07. The topological polar surface area (TPSA) is 83.6 Å². The van der Waals surface area contributed by atoms with Gasteiger partial charge in [-0.1, -0.05) is 78.1 Å². The van der Waals surface area contributed by atoms with Crippen LogP contribution in [-0.2, 0) is 4.79 Å². The summed E-state index contributed by atoms with van der Waals surface area (Å²) in [5.41, 5.74) is 5.68. The molecule has 138 valence electrons. The van der Waals surface area contributed by atoms with Crippen molar-refractivity contribution in [1.29, 1.82) is 0 Å². The summed E-state index contributed by atoms with van der Waals surface area (Å²) >= 11 is 0. The van der Waals surface area contributed by atoms with Gasteiger partial charge < -0.3 is 15.9 Å². The van der Waals surface area contributed by atoms with E-state index in [4.69, 9.17) is 15.9 Å². The SMILES string of the molecule is CCCCCCCCCCCCCC(=O)C(CC)C(N)C(O)O. The van der Waals surface area contributed by atoms with Crippen molar-refractivity contribution in [3.63, 3.8) is 0 Å². The first-order valence-electron chi connectivity index (χ1n) is 9.69. The Kier molecular flexibility index (Phi) is 14.8. The number of rotatable bonds is 16. The molecule has 4 nitrogen and oxygen atoms in total. The van der Waals surface area contributed by atoms with Crippen molar-refractivity contribution >= 4 is 5.78 Å². The van der Waals surface area contributed by atoms with Gasteiger partial charge in [-0.2, -0.15) is 0 Å².